The molecule has 2 heterocycles. The Morgan fingerprint density at radius 3 is 3.13 bits per heavy atom. The monoisotopic (exact) mass is 242 g/mol. The second-order valence-corrected chi connectivity index (χ2v) is 6.32. The molecule has 1 aromatic heterocycles. The molecule has 2 atom stereocenters. The highest BCUT2D eigenvalue weighted by atomic mass is 32.2. The predicted octanol–water partition coefficient (Wildman–Crippen LogP) is 2.41. The number of nitrogens with one attached hydrogen (secondary N) is 1. The summed E-state index contributed by atoms with van der Waals surface area (Å²) in [7, 11) is 0. The van der Waals surface area contributed by atoms with Crippen molar-refractivity contribution in [1.82, 2.24) is 5.43 Å². The van der Waals surface area contributed by atoms with Crippen molar-refractivity contribution < 1.29 is 0 Å². The van der Waals surface area contributed by atoms with Crippen molar-refractivity contribution in [3.8, 4) is 0 Å². The minimum absolute atomic E-state index is 0.486. The van der Waals surface area contributed by atoms with Crippen molar-refractivity contribution in [1.29, 1.82) is 0 Å². The number of nitrogens with two attached hydrogens (primary N) is 1. The molecule has 0 radical (unpaired) electrons. The zero-order valence-corrected chi connectivity index (χ0v) is 10.4. The number of hydrogen-bond donors (Lipinski definition) is 2. The molecular weight excluding hydrogens is 224 g/mol. The quantitative estimate of drug-likeness (QED) is 0.615. The average Bonchev–Trinajstić information content (AvgIpc) is 2.90. The summed E-state index contributed by atoms with van der Waals surface area (Å²) in [5.74, 6) is 6.94. The van der Waals surface area contributed by atoms with Crippen molar-refractivity contribution in [3.63, 3.8) is 0 Å². The summed E-state index contributed by atoms with van der Waals surface area (Å²) in [6.45, 7) is 0. The first-order chi connectivity index (χ1) is 7.40. The van der Waals surface area contributed by atoms with Crippen molar-refractivity contribution in [2.45, 2.75) is 37.0 Å². The minimum Gasteiger partial charge on any atom is -0.271 e. The van der Waals surface area contributed by atoms with E-state index in [1.165, 1.54) is 23.5 Å². The zero-order chi connectivity index (χ0) is 10.5. The van der Waals surface area contributed by atoms with E-state index in [0.717, 1.165) is 18.1 Å². The van der Waals surface area contributed by atoms with E-state index in [1.54, 1.807) is 0 Å². The molecule has 2 nitrogen and oxygen atoms in total. The van der Waals surface area contributed by atoms with Gasteiger partial charge in [0.05, 0.1) is 0 Å². The fraction of sp³-hybridized carbons (Fsp3) is 0.636. The zero-order valence-electron chi connectivity index (χ0n) is 8.82. The molecule has 4 heteroatoms. The highest BCUT2D eigenvalue weighted by Gasteiger charge is 2.24. The molecule has 0 amide bonds. The number of hydrogen-bond acceptors (Lipinski definition) is 4. The molecule has 1 saturated heterocycles. The first-order valence-electron chi connectivity index (χ1n) is 5.50. The number of hydrazine groups is 1. The lowest BCUT2D eigenvalue weighted by atomic mass is 10.0. The second kappa shape index (κ2) is 5.89. The van der Waals surface area contributed by atoms with E-state index >= 15 is 0 Å². The van der Waals surface area contributed by atoms with Gasteiger partial charge in [0.1, 0.15) is 0 Å². The molecule has 15 heavy (non-hydrogen) atoms. The van der Waals surface area contributed by atoms with Crippen molar-refractivity contribution in [3.05, 3.63) is 22.4 Å². The molecule has 1 aliphatic heterocycles. The van der Waals surface area contributed by atoms with Crippen LogP contribution >= 0.6 is 23.1 Å². The molecule has 0 saturated carbocycles. The summed E-state index contributed by atoms with van der Waals surface area (Å²) in [4.78, 5) is 1.47. The second-order valence-electron chi connectivity index (χ2n) is 3.94. The van der Waals surface area contributed by atoms with Crippen LogP contribution in [0.1, 0.15) is 24.1 Å². The topological polar surface area (TPSA) is 38.0 Å². The fourth-order valence-electron chi connectivity index (χ4n) is 2.05. The van der Waals surface area contributed by atoms with Crippen LogP contribution in [-0.4, -0.2) is 17.0 Å². The van der Waals surface area contributed by atoms with E-state index in [2.05, 4.69) is 34.7 Å². The van der Waals surface area contributed by atoms with E-state index in [9.17, 15) is 0 Å². The third kappa shape index (κ3) is 3.21. The van der Waals surface area contributed by atoms with Crippen LogP contribution in [0.5, 0.6) is 0 Å². The lowest BCUT2D eigenvalue weighted by Crippen LogP contribution is -2.42. The third-order valence-corrected chi connectivity index (χ3v) is 5.36. The van der Waals surface area contributed by atoms with E-state index in [0.29, 0.717) is 6.04 Å². The van der Waals surface area contributed by atoms with Crippen LogP contribution in [0.4, 0.5) is 0 Å². The van der Waals surface area contributed by atoms with Gasteiger partial charge in [-0.15, -0.1) is 11.3 Å². The van der Waals surface area contributed by atoms with Crippen LogP contribution in [0.3, 0.4) is 0 Å². The Kier molecular flexibility index (Phi) is 4.50. The molecule has 2 rings (SSSR count). The van der Waals surface area contributed by atoms with Gasteiger partial charge in [-0.1, -0.05) is 6.07 Å². The van der Waals surface area contributed by atoms with Gasteiger partial charge in [0.25, 0.3) is 0 Å². The largest absolute Gasteiger partial charge is 0.271 e. The van der Waals surface area contributed by atoms with E-state index in [1.807, 2.05) is 11.3 Å². The first kappa shape index (κ1) is 11.5. The Labute approximate surface area is 99.6 Å². The maximum atomic E-state index is 5.63. The molecule has 0 aliphatic carbocycles. The standard InChI is InChI=1S/C11H18N2S2/c12-13-10(11-4-2-8-15-11)6-5-9-3-1-7-14-9/h1,3,7,10-11,13H,2,4-6,8,12H2. The molecule has 1 aromatic rings. The summed E-state index contributed by atoms with van der Waals surface area (Å²) >= 11 is 3.92. The molecule has 0 bridgehead atoms. The summed E-state index contributed by atoms with van der Waals surface area (Å²) in [5, 5.41) is 2.87. The Balaban J connectivity index is 1.80. The molecule has 1 fully saturated rings. The van der Waals surface area contributed by atoms with Gasteiger partial charge < -0.3 is 0 Å². The minimum atomic E-state index is 0.486. The Hall–Kier alpha value is -0.0300. The van der Waals surface area contributed by atoms with Crippen LogP contribution in [0.15, 0.2) is 17.5 Å². The highest BCUT2D eigenvalue weighted by Crippen LogP contribution is 2.30. The fourth-order valence-corrected chi connectivity index (χ4v) is 4.19. The maximum absolute atomic E-state index is 5.63. The predicted molar refractivity (Wildman–Crippen MR) is 69.2 cm³/mol. The van der Waals surface area contributed by atoms with Gasteiger partial charge in [0.15, 0.2) is 0 Å². The number of thiophene rings is 1. The summed E-state index contributed by atoms with van der Waals surface area (Å²) in [5.41, 5.74) is 2.99. The van der Waals surface area contributed by atoms with Crippen LogP contribution in [0.2, 0.25) is 0 Å². The maximum Gasteiger partial charge on any atom is 0.0332 e. The number of thioether (sulfide) groups is 1. The van der Waals surface area contributed by atoms with Crippen LogP contribution in [0, 0.1) is 0 Å². The van der Waals surface area contributed by atoms with Crippen LogP contribution in [-0.2, 0) is 6.42 Å². The Morgan fingerprint density at radius 1 is 1.60 bits per heavy atom. The van der Waals surface area contributed by atoms with E-state index in [-0.39, 0.29) is 0 Å². The lowest BCUT2D eigenvalue weighted by Gasteiger charge is -2.21. The SMILES string of the molecule is NNC(CCc1cccs1)C1CCCS1. The van der Waals surface area contributed by atoms with Gasteiger partial charge >= 0.3 is 0 Å². The number of aryl methyl sites for hydroxylation is 1. The van der Waals surface area contributed by atoms with Crippen molar-refractivity contribution in [2.75, 3.05) is 5.75 Å². The van der Waals surface area contributed by atoms with Gasteiger partial charge in [0, 0.05) is 16.2 Å². The molecule has 84 valence electrons. The summed E-state index contributed by atoms with van der Waals surface area (Å²) in [6, 6.07) is 4.81. The van der Waals surface area contributed by atoms with Crippen LogP contribution in [0.25, 0.3) is 0 Å². The van der Waals surface area contributed by atoms with Gasteiger partial charge in [-0.05, 0) is 42.9 Å². The summed E-state index contributed by atoms with van der Waals surface area (Å²) in [6.07, 6.45) is 4.99. The molecular formula is C11H18N2S2. The number of rotatable bonds is 5. The van der Waals surface area contributed by atoms with E-state index < -0.39 is 0 Å². The Morgan fingerprint density at radius 2 is 2.53 bits per heavy atom. The molecule has 3 N–H and O–H groups in total. The normalized spacial score (nSPS) is 23.1. The molecule has 0 aromatic carbocycles. The summed E-state index contributed by atoms with van der Waals surface area (Å²) < 4.78 is 0. The molecule has 0 spiro atoms. The van der Waals surface area contributed by atoms with Gasteiger partial charge in [-0.25, -0.2) is 0 Å². The smallest absolute Gasteiger partial charge is 0.0332 e. The average molecular weight is 242 g/mol. The first-order valence-corrected chi connectivity index (χ1v) is 7.43. The van der Waals surface area contributed by atoms with E-state index in [4.69, 9.17) is 5.84 Å². The Bertz CT molecular complexity index is 268. The van der Waals surface area contributed by atoms with Crippen molar-refractivity contribution >= 4 is 23.1 Å². The van der Waals surface area contributed by atoms with Gasteiger partial charge in [0.2, 0.25) is 0 Å². The lowest BCUT2D eigenvalue weighted by molar-refractivity contribution is 0.470. The third-order valence-electron chi connectivity index (χ3n) is 2.91. The van der Waals surface area contributed by atoms with Gasteiger partial charge in [-0.3, -0.25) is 11.3 Å². The van der Waals surface area contributed by atoms with Crippen LogP contribution < -0.4 is 11.3 Å². The van der Waals surface area contributed by atoms with Gasteiger partial charge in [-0.2, -0.15) is 11.8 Å². The van der Waals surface area contributed by atoms with Crippen molar-refractivity contribution in [2.24, 2.45) is 5.84 Å². The molecule has 2 unspecified atom stereocenters. The molecule has 1 aliphatic rings. The highest BCUT2D eigenvalue weighted by molar-refractivity contribution is 8.00.